The molecule has 0 fully saturated rings. The zero-order chi connectivity index (χ0) is 13.0. The average molecular weight is 244 g/mol. The quantitative estimate of drug-likeness (QED) is 0.768. The monoisotopic (exact) mass is 244 g/mol. The van der Waals surface area contributed by atoms with Crippen molar-refractivity contribution < 1.29 is 14.3 Å². The molecule has 0 amide bonds. The molecule has 0 saturated heterocycles. The lowest BCUT2D eigenvalue weighted by atomic mass is 9.84. The van der Waals surface area contributed by atoms with Crippen LogP contribution in [0.5, 0.6) is 0 Å². The van der Waals surface area contributed by atoms with E-state index in [-0.39, 0.29) is 24.1 Å². The van der Waals surface area contributed by atoms with Crippen molar-refractivity contribution in [3.8, 4) is 0 Å². The van der Waals surface area contributed by atoms with Gasteiger partial charge in [0.2, 0.25) is 0 Å². The Bertz CT molecular complexity index is 474. The molecule has 3 nitrogen and oxygen atoms in total. The maximum atomic E-state index is 11.9. The van der Waals surface area contributed by atoms with Crippen LogP contribution in [0.1, 0.15) is 24.8 Å². The number of carbonyl (C=O) groups excluding carboxylic acids is 2. The first-order valence-electron chi connectivity index (χ1n) is 6.07. The van der Waals surface area contributed by atoms with Crippen molar-refractivity contribution in [2.24, 2.45) is 5.92 Å². The highest BCUT2D eigenvalue weighted by atomic mass is 16.5. The summed E-state index contributed by atoms with van der Waals surface area (Å²) in [4.78, 5) is 23.1. The zero-order valence-electron chi connectivity index (χ0n) is 10.4. The van der Waals surface area contributed by atoms with Gasteiger partial charge in [0.05, 0.1) is 13.5 Å². The minimum absolute atomic E-state index is 0.0329. The fraction of sp³-hybridized carbons (Fsp3) is 0.333. The van der Waals surface area contributed by atoms with Gasteiger partial charge in [-0.2, -0.15) is 0 Å². The second kappa shape index (κ2) is 5.63. The second-order valence-electron chi connectivity index (χ2n) is 4.45. The van der Waals surface area contributed by atoms with Gasteiger partial charge in [-0.15, -0.1) is 0 Å². The number of esters is 1. The molecule has 1 aromatic carbocycles. The van der Waals surface area contributed by atoms with Gasteiger partial charge in [-0.1, -0.05) is 30.3 Å². The lowest BCUT2D eigenvalue weighted by molar-refractivity contribution is -0.143. The van der Waals surface area contributed by atoms with E-state index in [1.54, 1.807) is 6.08 Å². The van der Waals surface area contributed by atoms with Gasteiger partial charge in [-0.25, -0.2) is 0 Å². The molecule has 1 aromatic rings. The van der Waals surface area contributed by atoms with Gasteiger partial charge in [0.25, 0.3) is 0 Å². The zero-order valence-corrected chi connectivity index (χ0v) is 10.4. The Morgan fingerprint density at radius 2 is 2.06 bits per heavy atom. The van der Waals surface area contributed by atoms with E-state index in [1.165, 1.54) is 7.11 Å². The van der Waals surface area contributed by atoms with Gasteiger partial charge in [0.1, 0.15) is 0 Å². The predicted octanol–water partition coefficient (Wildman–Crippen LogP) is 2.61. The average Bonchev–Trinajstić information content (AvgIpc) is 2.42. The first kappa shape index (κ1) is 12.6. The van der Waals surface area contributed by atoms with Crippen LogP contribution in [0.4, 0.5) is 0 Å². The van der Waals surface area contributed by atoms with Crippen LogP contribution in [0, 0.1) is 5.92 Å². The van der Waals surface area contributed by atoms with Crippen LogP contribution in [-0.2, 0) is 14.3 Å². The van der Waals surface area contributed by atoms with E-state index in [0.717, 1.165) is 17.6 Å². The first-order chi connectivity index (χ1) is 8.70. The van der Waals surface area contributed by atoms with Gasteiger partial charge in [-0.05, 0) is 30.1 Å². The van der Waals surface area contributed by atoms with Crippen LogP contribution in [-0.4, -0.2) is 18.9 Å². The largest absolute Gasteiger partial charge is 0.469 e. The van der Waals surface area contributed by atoms with Crippen molar-refractivity contribution in [2.45, 2.75) is 19.3 Å². The Kier molecular flexibility index (Phi) is 3.92. The third-order valence-corrected chi connectivity index (χ3v) is 3.27. The number of rotatable bonds is 3. The lowest BCUT2D eigenvalue weighted by Gasteiger charge is -2.20. The Morgan fingerprint density at radius 3 is 2.67 bits per heavy atom. The molecule has 0 radical (unpaired) electrons. The van der Waals surface area contributed by atoms with E-state index >= 15 is 0 Å². The van der Waals surface area contributed by atoms with Gasteiger partial charge < -0.3 is 4.74 Å². The van der Waals surface area contributed by atoms with Crippen molar-refractivity contribution in [2.75, 3.05) is 7.11 Å². The van der Waals surface area contributed by atoms with E-state index in [4.69, 9.17) is 0 Å². The number of hydrogen-bond donors (Lipinski definition) is 0. The summed E-state index contributed by atoms with van der Waals surface area (Å²) in [5.41, 5.74) is 2.14. The van der Waals surface area contributed by atoms with Crippen LogP contribution in [0.2, 0.25) is 0 Å². The number of ether oxygens (including phenoxy) is 1. The molecule has 0 N–H and O–H groups in total. The standard InChI is InChI=1S/C15H16O3/c1-18-15(17)10-13-8-7-12(9-14(13)16)11-5-3-2-4-6-11/h2-6,9,13H,7-8,10H2,1H3. The third kappa shape index (κ3) is 2.86. The molecule has 1 aliphatic rings. The van der Waals surface area contributed by atoms with Crippen molar-refractivity contribution >= 4 is 17.3 Å². The van der Waals surface area contributed by atoms with Crippen LogP contribution in [0.3, 0.4) is 0 Å². The molecule has 0 heterocycles. The molecular weight excluding hydrogens is 228 g/mol. The Hall–Kier alpha value is -1.90. The van der Waals surface area contributed by atoms with Crippen molar-refractivity contribution in [1.82, 2.24) is 0 Å². The van der Waals surface area contributed by atoms with Crippen LogP contribution in [0.25, 0.3) is 5.57 Å². The first-order valence-corrected chi connectivity index (χ1v) is 6.07. The summed E-state index contributed by atoms with van der Waals surface area (Å²) in [6.07, 6.45) is 3.41. The highest BCUT2D eigenvalue weighted by Gasteiger charge is 2.25. The number of methoxy groups -OCH3 is 1. The van der Waals surface area contributed by atoms with Gasteiger partial charge in [0.15, 0.2) is 5.78 Å². The molecule has 0 saturated carbocycles. The number of carbonyl (C=O) groups is 2. The molecule has 0 spiro atoms. The number of hydrogen-bond acceptors (Lipinski definition) is 3. The number of allylic oxidation sites excluding steroid dienone is 2. The predicted molar refractivity (Wildman–Crippen MR) is 68.8 cm³/mol. The highest BCUT2D eigenvalue weighted by molar-refractivity contribution is 6.01. The molecule has 18 heavy (non-hydrogen) atoms. The van der Waals surface area contributed by atoms with Gasteiger partial charge in [-0.3, -0.25) is 9.59 Å². The fourth-order valence-electron chi connectivity index (χ4n) is 2.20. The van der Waals surface area contributed by atoms with Gasteiger partial charge in [0, 0.05) is 5.92 Å². The molecule has 0 aliphatic heterocycles. The molecule has 2 rings (SSSR count). The molecule has 1 unspecified atom stereocenters. The molecule has 94 valence electrons. The summed E-state index contributed by atoms with van der Waals surface area (Å²) in [5.74, 6) is -0.500. The molecular formula is C15H16O3. The maximum Gasteiger partial charge on any atom is 0.306 e. The third-order valence-electron chi connectivity index (χ3n) is 3.27. The Morgan fingerprint density at radius 1 is 1.33 bits per heavy atom. The molecule has 1 aliphatic carbocycles. The molecule has 0 bridgehead atoms. The second-order valence-corrected chi connectivity index (χ2v) is 4.45. The van der Waals surface area contributed by atoms with Crippen molar-refractivity contribution in [1.29, 1.82) is 0 Å². The van der Waals surface area contributed by atoms with E-state index in [0.29, 0.717) is 6.42 Å². The van der Waals surface area contributed by atoms with Crippen LogP contribution >= 0.6 is 0 Å². The summed E-state index contributed by atoms with van der Waals surface area (Å²) < 4.78 is 4.60. The highest BCUT2D eigenvalue weighted by Crippen LogP contribution is 2.29. The summed E-state index contributed by atoms with van der Waals surface area (Å²) in [6.45, 7) is 0. The molecule has 1 atom stereocenters. The van der Waals surface area contributed by atoms with E-state index in [1.807, 2.05) is 30.3 Å². The smallest absolute Gasteiger partial charge is 0.306 e. The summed E-state index contributed by atoms with van der Waals surface area (Å²) >= 11 is 0. The number of benzene rings is 1. The van der Waals surface area contributed by atoms with Crippen LogP contribution < -0.4 is 0 Å². The van der Waals surface area contributed by atoms with Crippen molar-refractivity contribution in [3.05, 3.63) is 42.0 Å². The topological polar surface area (TPSA) is 43.4 Å². The Labute approximate surface area is 106 Å². The number of ketones is 1. The minimum Gasteiger partial charge on any atom is -0.469 e. The normalized spacial score (nSPS) is 19.3. The molecule has 0 aromatic heterocycles. The fourth-order valence-corrected chi connectivity index (χ4v) is 2.20. The Balaban J connectivity index is 2.09. The minimum atomic E-state index is -0.315. The summed E-state index contributed by atoms with van der Waals surface area (Å²) in [5, 5.41) is 0. The summed E-state index contributed by atoms with van der Waals surface area (Å²) in [7, 11) is 1.35. The van der Waals surface area contributed by atoms with Gasteiger partial charge >= 0.3 is 5.97 Å². The lowest BCUT2D eigenvalue weighted by Crippen LogP contribution is -2.21. The SMILES string of the molecule is COC(=O)CC1CCC(c2ccccc2)=CC1=O. The maximum absolute atomic E-state index is 11.9. The van der Waals surface area contributed by atoms with E-state index in [2.05, 4.69) is 4.74 Å². The van der Waals surface area contributed by atoms with E-state index in [9.17, 15) is 9.59 Å². The van der Waals surface area contributed by atoms with Crippen LogP contribution in [0.15, 0.2) is 36.4 Å². The summed E-state index contributed by atoms with van der Waals surface area (Å²) in [6, 6.07) is 9.87. The molecule has 3 heteroatoms. The van der Waals surface area contributed by atoms with Crippen molar-refractivity contribution in [3.63, 3.8) is 0 Å². The van der Waals surface area contributed by atoms with E-state index < -0.39 is 0 Å².